The third-order valence-corrected chi connectivity index (χ3v) is 3.61. The zero-order valence-electron chi connectivity index (χ0n) is 14.2. The van der Waals surface area contributed by atoms with Gasteiger partial charge in [-0.3, -0.25) is 0 Å². The SMILES string of the molecule is CC1=C(C(=O)OC(C)(C)C)[C@H](c2c(F)cccc2F)n2nnnc2N1. The van der Waals surface area contributed by atoms with Gasteiger partial charge in [-0.05, 0) is 50.3 Å². The second-order valence-electron chi connectivity index (χ2n) is 6.65. The Bertz CT molecular complexity index is 849. The molecule has 0 saturated carbocycles. The Hall–Kier alpha value is -2.84. The molecule has 0 unspecified atom stereocenters. The highest BCUT2D eigenvalue weighted by Crippen LogP contribution is 2.37. The Balaban J connectivity index is 2.19. The van der Waals surface area contributed by atoms with Crippen molar-refractivity contribution in [3.8, 4) is 0 Å². The number of rotatable bonds is 2. The third-order valence-electron chi connectivity index (χ3n) is 3.61. The molecule has 9 heteroatoms. The number of nitrogens with one attached hydrogen (secondary N) is 1. The van der Waals surface area contributed by atoms with Gasteiger partial charge in [0.25, 0.3) is 0 Å². The number of hydrogen-bond donors (Lipinski definition) is 1. The van der Waals surface area contributed by atoms with Gasteiger partial charge in [-0.2, -0.15) is 4.68 Å². The van der Waals surface area contributed by atoms with E-state index in [0.717, 1.165) is 16.8 Å². The molecule has 0 fully saturated rings. The molecule has 132 valence electrons. The van der Waals surface area contributed by atoms with E-state index in [1.807, 2.05) is 0 Å². The van der Waals surface area contributed by atoms with Crippen molar-refractivity contribution in [3.05, 3.63) is 46.7 Å². The number of esters is 1. The number of nitrogens with zero attached hydrogens (tertiary/aromatic N) is 4. The van der Waals surface area contributed by atoms with Crippen LogP contribution in [0.3, 0.4) is 0 Å². The highest BCUT2D eigenvalue weighted by molar-refractivity contribution is 5.92. The molecule has 25 heavy (non-hydrogen) atoms. The Morgan fingerprint density at radius 1 is 1.28 bits per heavy atom. The molecule has 0 amide bonds. The lowest BCUT2D eigenvalue weighted by Crippen LogP contribution is -2.34. The predicted molar refractivity (Wildman–Crippen MR) is 84.5 cm³/mol. The molecular weight excluding hydrogens is 332 g/mol. The standard InChI is InChI=1S/C16H17F2N5O2/c1-8-11(14(24)25-16(2,3)4)13(23-15(19-8)20-21-22-23)12-9(17)6-5-7-10(12)18/h5-7,13H,1-4H3,(H,19,20,22)/t13-/m1/s1. The van der Waals surface area contributed by atoms with Crippen molar-refractivity contribution in [1.82, 2.24) is 20.2 Å². The molecule has 1 aliphatic heterocycles. The maximum Gasteiger partial charge on any atom is 0.338 e. The van der Waals surface area contributed by atoms with Gasteiger partial charge in [0, 0.05) is 5.70 Å². The Morgan fingerprint density at radius 2 is 1.92 bits per heavy atom. The van der Waals surface area contributed by atoms with Crippen molar-refractivity contribution in [2.24, 2.45) is 0 Å². The van der Waals surface area contributed by atoms with Gasteiger partial charge >= 0.3 is 5.97 Å². The fourth-order valence-electron chi connectivity index (χ4n) is 2.65. The summed E-state index contributed by atoms with van der Waals surface area (Å²) < 4.78 is 35.4. The number of allylic oxidation sites excluding steroid dienone is 1. The molecule has 3 rings (SSSR count). The summed E-state index contributed by atoms with van der Waals surface area (Å²) in [6, 6.07) is 2.31. The average Bonchev–Trinajstić information content (AvgIpc) is 2.92. The Labute approximate surface area is 142 Å². The summed E-state index contributed by atoms with van der Waals surface area (Å²) in [6.45, 7) is 6.72. The monoisotopic (exact) mass is 349 g/mol. The van der Waals surface area contributed by atoms with Crippen LogP contribution in [0.4, 0.5) is 14.7 Å². The summed E-state index contributed by atoms with van der Waals surface area (Å²) in [5.74, 6) is -2.13. The maximum absolute atomic E-state index is 14.4. The molecule has 0 bridgehead atoms. The van der Waals surface area contributed by atoms with E-state index in [0.29, 0.717) is 5.70 Å². The lowest BCUT2D eigenvalue weighted by molar-refractivity contribution is -0.150. The minimum Gasteiger partial charge on any atom is -0.456 e. The van der Waals surface area contributed by atoms with Crippen molar-refractivity contribution in [1.29, 1.82) is 0 Å². The fraction of sp³-hybridized carbons (Fsp3) is 0.375. The minimum atomic E-state index is -1.18. The number of tetrazole rings is 1. The van der Waals surface area contributed by atoms with Crippen molar-refractivity contribution in [2.45, 2.75) is 39.3 Å². The molecule has 1 N–H and O–H groups in total. The molecule has 1 aromatic heterocycles. The maximum atomic E-state index is 14.4. The largest absolute Gasteiger partial charge is 0.456 e. The van der Waals surface area contributed by atoms with Gasteiger partial charge in [-0.25, -0.2) is 13.6 Å². The van der Waals surface area contributed by atoms with Crippen LogP contribution >= 0.6 is 0 Å². The average molecular weight is 349 g/mol. The molecule has 0 aliphatic carbocycles. The molecule has 2 heterocycles. The van der Waals surface area contributed by atoms with Crippen LogP contribution in [0.2, 0.25) is 0 Å². The van der Waals surface area contributed by atoms with E-state index in [9.17, 15) is 13.6 Å². The zero-order chi connectivity index (χ0) is 18.4. The second-order valence-corrected chi connectivity index (χ2v) is 6.65. The van der Waals surface area contributed by atoms with Crippen LogP contribution in [0.1, 0.15) is 39.3 Å². The van der Waals surface area contributed by atoms with E-state index in [1.54, 1.807) is 27.7 Å². The molecule has 0 saturated heterocycles. The molecule has 0 spiro atoms. The molecule has 0 radical (unpaired) electrons. The van der Waals surface area contributed by atoms with E-state index in [-0.39, 0.29) is 17.1 Å². The molecule has 1 atom stereocenters. The summed E-state index contributed by atoms with van der Waals surface area (Å²) in [4.78, 5) is 12.7. The van der Waals surface area contributed by atoms with E-state index in [4.69, 9.17) is 4.74 Å². The van der Waals surface area contributed by atoms with Crippen LogP contribution in [0.25, 0.3) is 0 Å². The highest BCUT2D eigenvalue weighted by atomic mass is 19.1. The van der Waals surface area contributed by atoms with Gasteiger partial charge in [0.1, 0.15) is 23.3 Å². The first-order valence-corrected chi connectivity index (χ1v) is 7.62. The first-order valence-electron chi connectivity index (χ1n) is 7.62. The van der Waals surface area contributed by atoms with Gasteiger partial charge in [-0.15, -0.1) is 0 Å². The van der Waals surface area contributed by atoms with Crippen molar-refractivity contribution < 1.29 is 18.3 Å². The van der Waals surface area contributed by atoms with Crippen LogP contribution < -0.4 is 5.32 Å². The number of ether oxygens (including phenoxy) is 1. The third kappa shape index (κ3) is 3.09. The number of carbonyl (C=O) groups excluding carboxylic acids is 1. The van der Waals surface area contributed by atoms with E-state index < -0.39 is 29.2 Å². The topological polar surface area (TPSA) is 81.9 Å². The summed E-state index contributed by atoms with van der Waals surface area (Å²) >= 11 is 0. The number of hydrogen-bond acceptors (Lipinski definition) is 6. The summed E-state index contributed by atoms with van der Waals surface area (Å²) in [6.07, 6.45) is 0. The van der Waals surface area contributed by atoms with Crippen LogP contribution in [-0.4, -0.2) is 31.8 Å². The highest BCUT2D eigenvalue weighted by Gasteiger charge is 2.39. The first-order chi connectivity index (χ1) is 11.7. The quantitative estimate of drug-likeness (QED) is 0.839. The number of fused-ring (bicyclic) bond motifs is 1. The first kappa shape index (κ1) is 17.0. The van der Waals surface area contributed by atoms with Crippen molar-refractivity contribution in [2.75, 3.05) is 5.32 Å². The number of halogens is 2. The van der Waals surface area contributed by atoms with Gasteiger partial charge < -0.3 is 10.1 Å². The van der Waals surface area contributed by atoms with Crippen LogP contribution in [0.15, 0.2) is 29.5 Å². The van der Waals surface area contributed by atoms with E-state index in [2.05, 4.69) is 20.8 Å². The van der Waals surface area contributed by atoms with Crippen LogP contribution in [-0.2, 0) is 9.53 Å². The smallest absolute Gasteiger partial charge is 0.338 e. The molecule has 1 aliphatic rings. The lowest BCUT2D eigenvalue weighted by atomic mass is 9.94. The van der Waals surface area contributed by atoms with Crippen molar-refractivity contribution in [3.63, 3.8) is 0 Å². The number of carbonyl (C=O) groups is 1. The number of benzene rings is 1. The van der Waals surface area contributed by atoms with Gasteiger partial charge in [0.05, 0.1) is 11.1 Å². The normalized spacial score (nSPS) is 17.1. The Morgan fingerprint density at radius 3 is 2.52 bits per heavy atom. The van der Waals surface area contributed by atoms with Gasteiger partial charge in [0.2, 0.25) is 5.95 Å². The van der Waals surface area contributed by atoms with Gasteiger partial charge in [0.15, 0.2) is 0 Å². The molecule has 7 nitrogen and oxygen atoms in total. The summed E-state index contributed by atoms with van der Waals surface area (Å²) in [5.41, 5.74) is -0.690. The van der Waals surface area contributed by atoms with Gasteiger partial charge in [-0.1, -0.05) is 11.2 Å². The Kier molecular flexibility index (Phi) is 4.02. The van der Waals surface area contributed by atoms with E-state index >= 15 is 0 Å². The summed E-state index contributed by atoms with van der Waals surface area (Å²) in [5, 5.41) is 13.9. The fourth-order valence-corrected chi connectivity index (χ4v) is 2.65. The predicted octanol–water partition coefficient (Wildman–Crippen LogP) is 2.58. The number of aromatic nitrogens is 4. The summed E-state index contributed by atoms with van der Waals surface area (Å²) in [7, 11) is 0. The van der Waals surface area contributed by atoms with Crippen LogP contribution in [0.5, 0.6) is 0 Å². The molecule has 1 aromatic carbocycles. The van der Waals surface area contributed by atoms with E-state index in [1.165, 1.54) is 6.07 Å². The zero-order valence-corrected chi connectivity index (χ0v) is 14.2. The van der Waals surface area contributed by atoms with Crippen LogP contribution in [0, 0.1) is 11.6 Å². The van der Waals surface area contributed by atoms with Crippen molar-refractivity contribution >= 4 is 11.9 Å². The molecular formula is C16H17F2N5O2. The lowest BCUT2D eigenvalue weighted by Gasteiger charge is -2.30. The molecule has 2 aromatic rings. The number of anilines is 1. The minimum absolute atomic E-state index is 0.0405. The second kappa shape index (κ2) is 5.91.